The predicted octanol–water partition coefficient (Wildman–Crippen LogP) is 1.79. The first-order chi connectivity index (χ1) is 12.0. The summed E-state index contributed by atoms with van der Waals surface area (Å²) in [5, 5.41) is 2.74. The maximum Gasteiger partial charge on any atom is 0.246 e. The molecule has 0 unspecified atom stereocenters. The maximum atomic E-state index is 12.2. The Bertz CT molecular complexity index is 687. The fraction of sp³-hybridized carbons (Fsp3) is 0.389. The number of carbonyl (C=O) groups is 3. The first-order valence-electron chi connectivity index (χ1n) is 8.12. The van der Waals surface area contributed by atoms with E-state index in [1.807, 2.05) is 0 Å². The lowest BCUT2D eigenvalue weighted by Crippen LogP contribution is -2.35. The molecule has 25 heavy (non-hydrogen) atoms. The van der Waals surface area contributed by atoms with E-state index in [4.69, 9.17) is 4.74 Å². The third-order valence-electron chi connectivity index (χ3n) is 4.01. The lowest BCUT2D eigenvalue weighted by molar-refractivity contribution is -0.129. The average molecular weight is 345 g/mol. The molecule has 0 spiro atoms. The highest BCUT2D eigenvalue weighted by molar-refractivity contribution is 5.99. The zero-order valence-electron chi connectivity index (χ0n) is 14.6. The molecule has 1 aliphatic heterocycles. The van der Waals surface area contributed by atoms with Crippen LogP contribution in [0, 0.1) is 0 Å². The van der Waals surface area contributed by atoms with Crippen LogP contribution in [0.3, 0.4) is 0 Å². The van der Waals surface area contributed by atoms with Gasteiger partial charge in [-0.2, -0.15) is 0 Å². The topological polar surface area (TPSA) is 79.0 Å². The van der Waals surface area contributed by atoms with Crippen molar-refractivity contribution in [3.05, 3.63) is 30.9 Å². The van der Waals surface area contributed by atoms with Gasteiger partial charge in [0, 0.05) is 25.7 Å². The van der Waals surface area contributed by atoms with Crippen molar-refractivity contribution >= 4 is 29.1 Å². The minimum Gasteiger partial charge on any atom is -0.495 e. The van der Waals surface area contributed by atoms with E-state index in [1.165, 1.54) is 11.9 Å². The molecule has 0 atom stereocenters. The zero-order chi connectivity index (χ0) is 18.4. The number of nitrogens with zero attached hydrogens (tertiary/aromatic N) is 2. The van der Waals surface area contributed by atoms with Gasteiger partial charge in [-0.05, 0) is 37.1 Å². The second-order valence-corrected chi connectivity index (χ2v) is 5.84. The van der Waals surface area contributed by atoms with Crippen molar-refractivity contribution in [2.75, 3.05) is 37.5 Å². The molecule has 1 heterocycles. The lowest BCUT2D eigenvalue weighted by Gasteiger charge is -2.28. The Labute approximate surface area is 147 Å². The number of rotatable bonds is 6. The molecule has 134 valence electrons. The van der Waals surface area contributed by atoms with Gasteiger partial charge in [-0.1, -0.05) is 6.58 Å². The molecule has 1 fully saturated rings. The van der Waals surface area contributed by atoms with E-state index in [9.17, 15) is 14.4 Å². The normalized spacial score (nSPS) is 14.0. The molecule has 1 aromatic rings. The van der Waals surface area contributed by atoms with Gasteiger partial charge >= 0.3 is 0 Å². The third-order valence-corrected chi connectivity index (χ3v) is 4.01. The molecule has 0 aliphatic carbocycles. The summed E-state index contributed by atoms with van der Waals surface area (Å²) in [6.45, 7) is 3.93. The van der Waals surface area contributed by atoms with Crippen molar-refractivity contribution in [1.29, 1.82) is 0 Å². The number of carbonyl (C=O) groups excluding carboxylic acids is 3. The number of hydrogen-bond acceptors (Lipinski definition) is 4. The molecular formula is C18H23N3O4. The standard InChI is InChI=1S/C18H23N3O4/c1-4-17(23)20(2)12-16(22)19-13-8-9-15(25-3)14(11-13)21-10-6-5-7-18(21)24/h4,8-9,11H,1,5-7,10,12H2,2-3H3,(H,19,22). The predicted molar refractivity (Wildman–Crippen MR) is 95.7 cm³/mol. The fourth-order valence-corrected chi connectivity index (χ4v) is 2.69. The SMILES string of the molecule is C=CC(=O)N(C)CC(=O)Nc1ccc(OC)c(N2CCCCC2=O)c1. The Morgan fingerprint density at radius 2 is 2.16 bits per heavy atom. The number of benzene rings is 1. The van der Waals surface area contributed by atoms with Crippen molar-refractivity contribution in [2.45, 2.75) is 19.3 Å². The number of likely N-dealkylation sites (N-methyl/N-ethyl adjacent to an activating group) is 1. The minimum atomic E-state index is -0.334. The van der Waals surface area contributed by atoms with Crippen molar-refractivity contribution < 1.29 is 19.1 Å². The first-order valence-corrected chi connectivity index (χ1v) is 8.12. The van der Waals surface area contributed by atoms with Gasteiger partial charge < -0.3 is 19.9 Å². The van der Waals surface area contributed by atoms with E-state index in [0.29, 0.717) is 30.1 Å². The molecule has 1 N–H and O–H groups in total. The van der Waals surface area contributed by atoms with Crippen molar-refractivity contribution in [2.24, 2.45) is 0 Å². The van der Waals surface area contributed by atoms with Gasteiger partial charge in [0.15, 0.2) is 0 Å². The minimum absolute atomic E-state index is 0.0457. The number of hydrogen-bond donors (Lipinski definition) is 1. The van der Waals surface area contributed by atoms with Crippen LogP contribution in [0.4, 0.5) is 11.4 Å². The second kappa shape index (κ2) is 8.32. The fourth-order valence-electron chi connectivity index (χ4n) is 2.69. The molecule has 0 radical (unpaired) electrons. The van der Waals surface area contributed by atoms with Crippen LogP contribution in [0.2, 0.25) is 0 Å². The Kier molecular flexibility index (Phi) is 6.16. The van der Waals surface area contributed by atoms with Crippen LogP contribution < -0.4 is 15.0 Å². The van der Waals surface area contributed by atoms with E-state index in [2.05, 4.69) is 11.9 Å². The number of anilines is 2. The highest BCUT2D eigenvalue weighted by atomic mass is 16.5. The van der Waals surface area contributed by atoms with Crippen LogP contribution in [0.25, 0.3) is 0 Å². The summed E-state index contributed by atoms with van der Waals surface area (Å²) in [7, 11) is 3.07. The molecule has 0 saturated carbocycles. The number of methoxy groups -OCH3 is 1. The van der Waals surface area contributed by atoms with Crippen LogP contribution in [-0.4, -0.2) is 49.9 Å². The van der Waals surface area contributed by atoms with Gasteiger partial charge in [0.05, 0.1) is 19.3 Å². The molecule has 0 aromatic heterocycles. The lowest BCUT2D eigenvalue weighted by atomic mass is 10.1. The Balaban J connectivity index is 2.15. The van der Waals surface area contributed by atoms with E-state index in [-0.39, 0.29) is 24.3 Å². The molecular weight excluding hydrogens is 322 g/mol. The first kappa shape index (κ1) is 18.5. The molecule has 7 heteroatoms. The van der Waals surface area contributed by atoms with Gasteiger partial charge in [-0.15, -0.1) is 0 Å². The third kappa shape index (κ3) is 4.59. The van der Waals surface area contributed by atoms with Gasteiger partial charge in [0.25, 0.3) is 0 Å². The molecule has 1 saturated heterocycles. The Morgan fingerprint density at radius 1 is 1.40 bits per heavy atom. The number of amides is 3. The van der Waals surface area contributed by atoms with Crippen LogP contribution in [0.1, 0.15) is 19.3 Å². The van der Waals surface area contributed by atoms with Gasteiger partial charge in [-0.25, -0.2) is 0 Å². The monoisotopic (exact) mass is 345 g/mol. The molecule has 2 rings (SSSR count). The van der Waals surface area contributed by atoms with E-state index < -0.39 is 0 Å². The highest BCUT2D eigenvalue weighted by Gasteiger charge is 2.23. The average Bonchev–Trinajstić information content (AvgIpc) is 2.61. The molecule has 7 nitrogen and oxygen atoms in total. The zero-order valence-corrected chi connectivity index (χ0v) is 14.6. The Morgan fingerprint density at radius 3 is 2.80 bits per heavy atom. The van der Waals surface area contributed by atoms with Crippen molar-refractivity contribution in [3.8, 4) is 5.75 Å². The summed E-state index contributed by atoms with van der Waals surface area (Å²) in [4.78, 5) is 38.7. The second-order valence-electron chi connectivity index (χ2n) is 5.84. The molecule has 3 amide bonds. The van der Waals surface area contributed by atoms with Gasteiger partial charge in [0.1, 0.15) is 5.75 Å². The summed E-state index contributed by atoms with van der Waals surface area (Å²) in [5.74, 6) is -0.0418. The van der Waals surface area contributed by atoms with Gasteiger partial charge in [0.2, 0.25) is 17.7 Å². The van der Waals surface area contributed by atoms with Crippen LogP contribution in [0.15, 0.2) is 30.9 Å². The summed E-state index contributed by atoms with van der Waals surface area (Å²) in [5.41, 5.74) is 1.18. The highest BCUT2D eigenvalue weighted by Crippen LogP contribution is 2.33. The van der Waals surface area contributed by atoms with Crippen LogP contribution >= 0.6 is 0 Å². The summed E-state index contributed by atoms with van der Waals surface area (Å²) < 4.78 is 5.35. The summed E-state index contributed by atoms with van der Waals surface area (Å²) >= 11 is 0. The van der Waals surface area contributed by atoms with Gasteiger partial charge in [-0.3, -0.25) is 14.4 Å². The van der Waals surface area contributed by atoms with E-state index in [1.54, 1.807) is 30.2 Å². The summed E-state index contributed by atoms with van der Waals surface area (Å²) in [6.07, 6.45) is 3.48. The number of nitrogens with one attached hydrogen (secondary N) is 1. The van der Waals surface area contributed by atoms with Crippen LogP contribution in [0.5, 0.6) is 5.75 Å². The van der Waals surface area contributed by atoms with Crippen LogP contribution in [-0.2, 0) is 14.4 Å². The molecule has 1 aromatic carbocycles. The smallest absolute Gasteiger partial charge is 0.246 e. The largest absolute Gasteiger partial charge is 0.495 e. The van der Waals surface area contributed by atoms with Crippen molar-refractivity contribution in [1.82, 2.24) is 4.90 Å². The van der Waals surface area contributed by atoms with E-state index >= 15 is 0 Å². The quantitative estimate of drug-likeness (QED) is 0.798. The number of piperidine rings is 1. The molecule has 0 bridgehead atoms. The van der Waals surface area contributed by atoms with Crippen molar-refractivity contribution in [3.63, 3.8) is 0 Å². The maximum absolute atomic E-state index is 12.2. The van der Waals surface area contributed by atoms with E-state index in [0.717, 1.165) is 18.9 Å². The number of ether oxygens (including phenoxy) is 1. The summed E-state index contributed by atoms with van der Waals surface area (Å²) in [6, 6.07) is 5.13. The Hall–Kier alpha value is -2.83. The molecule has 1 aliphatic rings.